The number of ether oxygens (including phenoxy) is 2. The van der Waals surface area contributed by atoms with Crippen LogP contribution in [0.2, 0.25) is 0 Å². The van der Waals surface area contributed by atoms with E-state index in [2.05, 4.69) is 0 Å². The van der Waals surface area contributed by atoms with E-state index in [1.807, 2.05) is 0 Å². The van der Waals surface area contributed by atoms with Crippen LogP contribution in [0.25, 0.3) is 0 Å². The van der Waals surface area contributed by atoms with E-state index in [9.17, 15) is 22.4 Å². The lowest BCUT2D eigenvalue weighted by Gasteiger charge is -2.16. The average molecular weight is 374 g/mol. The standard InChI is InChI=1S/C19H22F4O3/c1-9-11(10(2)17(23)12(7-25-5)16(9)22)8-26-18(24)15-13(6-14(20)21)19(15,3)4/h6,13,15H,7-8H2,1-5H3/t13-,15+/m1/s1. The molecule has 1 aliphatic rings. The molecular weight excluding hydrogens is 352 g/mol. The lowest BCUT2D eigenvalue weighted by molar-refractivity contribution is -0.147. The maximum atomic E-state index is 14.4. The van der Waals surface area contributed by atoms with Crippen molar-refractivity contribution >= 4 is 5.97 Å². The van der Waals surface area contributed by atoms with Crippen molar-refractivity contribution in [1.82, 2.24) is 0 Å². The van der Waals surface area contributed by atoms with E-state index in [4.69, 9.17) is 9.47 Å². The minimum Gasteiger partial charge on any atom is -0.461 e. The lowest BCUT2D eigenvalue weighted by atomic mass is 9.98. The third-order valence-corrected chi connectivity index (χ3v) is 5.21. The van der Waals surface area contributed by atoms with Crippen LogP contribution in [-0.2, 0) is 27.5 Å². The first-order chi connectivity index (χ1) is 12.0. The SMILES string of the molecule is COCc1c(F)c(C)c(COC(=O)[C@@H]2[C@@H](C=C(F)F)C2(C)C)c(C)c1F. The lowest BCUT2D eigenvalue weighted by Crippen LogP contribution is -2.14. The molecule has 3 nitrogen and oxygen atoms in total. The summed E-state index contributed by atoms with van der Waals surface area (Å²) in [5.74, 6) is -3.45. The maximum Gasteiger partial charge on any atom is 0.310 e. The van der Waals surface area contributed by atoms with Crippen molar-refractivity contribution < 1.29 is 31.8 Å². The van der Waals surface area contributed by atoms with Gasteiger partial charge < -0.3 is 9.47 Å². The monoisotopic (exact) mass is 374 g/mol. The molecule has 0 bridgehead atoms. The van der Waals surface area contributed by atoms with Crippen molar-refractivity contribution in [2.24, 2.45) is 17.3 Å². The highest BCUT2D eigenvalue weighted by Crippen LogP contribution is 2.60. The van der Waals surface area contributed by atoms with Gasteiger partial charge in [0.1, 0.15) is 18.2 Å². The molecule has 7 heteroatoms. The second-order valence-corrected chi connectivity index (χ2v) is 7.16. The topological polar surface area (TPSA) is 35.5 Å². The fourth-order valence-electron chi connectivity index (χ4n) is 3.39. The van der Waals surface area contributed by atoms with Crippen LogP contribution in [0.15, 0.2) is 12.2 Å². The van der Waals surface area contributed by atoms with Crippen LogP contribution in [0.1, 0.15) is 36.1 Å². The Labute approximate surface area is 150 Å². The summed E-state index contributed by atoms with van der Waals surface area (Å²) in [6.45, 7) is 5.79. The summed E-state index contributed by atoms with van der Waals surface area (Å²) in [5, 5.41) is 0. The number of rotatable bonds is 6. The zero-order valence-electron chi connectivity index (χ0n) is 15.4. The third kappa shape index (κ3) is 3.63. The zero-order valence-corrected chi connectivity index (χ0v) is 15.4. The molecule has 0 radical (unpaired) electrons. The van der Waals surface area contributed by atoms with Gasteiger partial charge in [0, 0.05) is 24.2 Å². The molecular formula is C19H22F4O3. The number of esters is 1. The van der Waals surface area contributed by atoms with E-state index in [1.54, 1.807) is 13.8 Å². The van der Waals surface area contributed by atoms with Crippen molar-refractivity contribution in [1.29, 1.82) is 0 Å². The molecule has 144 valence electrons. The van der Waals surface area contributed by atoms with Crippen LogP contribution in [0.5, 0.6) is 0 Å². The molecule has 2 atom stereocenters. The number of allylic oxidation sites excluding steroid dienone is 1. The number of benzene rings is 1. The van der Waals surface area contributed by atoms with E-state index in [-0.39, 0.29) is 35.5 Å². The van der Waals surface area contributed by atoms with E-state index < -0.39 is 40.9 Å². The van der Waals surface area contributed by atoms with Crippen molar-refractivity contribution in [3.05, 3.63) is 46.0 Å². The fourth-order valence-corrected chi connectivity index (χ4v) is 3.39. The van der Waals surface area contributed by atoms with Gasteiger partial charge in [0.05, 0.1) is 12.5 Å². The Kier molecular flexibility index (Phi) is 5.80. The van der Waals surface area contributed by atoms with Crippen molar-refractivity contribution in [2.75, 3.05) is 7.11 Å². The van der Waals surface area contributed by atoms with Gasteiger partial charge in [-0.15, -0.1) is 0 Å². The molecule has 0 spiro atoms. The number of carbonyl (C=O) groups is 1. The maximum absolute atomic E-state index is 14.4. The molecule has 1 aliphatic carbocycles. The van der Waals surface area contributed by atoms with Crippen molar-refractivity contribution in [3.8, 4) is 0 Å². The van der Waals surface area contributed by atoms with Gasteiger partial charge in [-0.25, -0.2) is 8.78 Å². The molecule has 0 N–H and O–H groups in total. The van der Waals surface area contributed by atoms with Crippen LogP contribution < -0.4 is 0 Å². The van der Waals surface area contributed by atoms with Gasteiger partial charge in [0.25, 0.3) is 6.08 Å². The molecule has 0 amide bonds. The summed E-state index contributed by atoms with van der Waals surface area (Å²) in [7, 11) is 1.34. The average Bonchev–Trinajstić information content (AvgIpc) is 3.09. The second kappa shape index (κ2) is 7.39. The first-order valence-corrected chi connectivity index (χ1v) is 8.18. The summed E-state index contributed by atoms with van der Waals surface area (Å²) in [5.41, 5.74) is -0.237. The molecule has 0 aromatic heterocycles. The molecule has 1 fully saturated rings. The van der Waals surface area contributed by atoms with Crippen LogP contribution in [0.4, 0.5) is 17.6 Å². The van der Waals surface area contributed by atoms with Gasteiger partial charge in [-0.3, -0.25) is 4.79 Å². The fraction of sp³-hybridized carbons (Fsp3) is 0.526. The van der Waals surface area contributed by atoms with Crippen LogP contribution in [0, 0.1) is 42.7 Å². The van der Waals surface area contributed by atoms with Crippen LogP contribution in [0.3, 0.4) is 0 Å². The number of carbonyl (C=O) groups excluding carboxylic acids is 1. The van der Waals surface area contributed by atoms with Crippen LogP contribution >= 0.6 is 0 Å². The van der Waals surface area contributed by atoms with Gasteiger partial charge in [-0.05, 0) is 36.5 Å². The predicted molar refractivity (Wildman–Crippen MR) is 87.4 cm³/mol. The number of methoxy groups -OCH3 is 1. The van der Waals surface area contributed by atoms with Crippen molar-refractivity contribution in [3.63, 3.8) is 0 Å². The molecule has 2 rings (SSSR count). The first-order valence-electron chi connectivity index (χ1n) is 8.18. The molecule has 1 aromatic carbocycles. The molecule has 26 heavy (non-hydrogen) atoms. The molecule has 0 aliphatic heterocycles. The van der Waals surface area contributed by atoms with E-state index in [0.717, 1.165) is 6.08 Å². The largest absolute Gasteiger partial charge is 0.461 e. The number of halogens is 4. The zero-order chi connectivity index (χ0) is 19.8. The smallest absolute Gasteiger partial charge is 0.310 e. The summed E-state index contributed by atoms with van der Waals surface area (Å²) >= 11 is 0. The molecule has 1 saturated carbocycles. The van der Waals surface area contributed by atoms with E-state index >= 15 is 0 Å². The molecule has 0 unspecified atom stereocenters. The normalized spacial score (nSPS) is 20.7. The Morgan fingerprint density at radius 3 is 2.08 bits per heavy atom. The summed E-state index contributed by atoms with van der Waals surface area (Å²) in [4.78, 5) is 12.2. The minimum absolute atomic E-state index is 0.171. The highest BCUT2D eigenvalue weighted by atomic mass is 19.3. The van der Waals surface area contributed by atoms with Gasteiger partial charge in [0.15, 0.2) is 0 Å². The molecule has 0 saturated heterocycles. The molecule has 0 heterocycles. The Hall–Kier alpha value is -1.89. The Morgan fingerprint density at radius 2 is 1.62 bits per heavy atom. The highest BCUT2D eigenvalue weighted by Gasteiger charge is 2.62. The Bertz CT molecular complexity index is 723. The summed E-state index contributed by atoms with van der Waals surface area (Å²) in [6, 6.07) is 0. The highest BCUT2D eigenvalue weighted by molar-refractivity contribution is 5.78. The number of hydrogen-bond acceptors (Lipinski definition) is 3. The Balaban J connectivity index is 2.18. The van der Waals surface area contributed by atoms with E-state index in [1.165, 1.54) is 21.0 Å². The predicted octanol–water partition coefficient (Wildman–Crippen LogP) is 4.82. The van der Waals surface area contributed by atoms with E-state index in [0.29, 0.717) is 0 Å². The third-order valence-electron chi connectivity index (χ3n) is 5.21. The van der Waals surface area contributed by atoms with Crippen LogP contribution in [-0.4, -0.2) is 13.1 Å². The minimum atomic E-state index is -1.84. The van der Waals surface area contributed by atoms with Gasteiger partial charge in [-0.2, -0.15) is 8.78 Å². The second-order valence-electron chi connectivity index (χ2n) is 7.16. The quantitative estimate of drug-likeness (QED) is 0.529. The van der Waals surface area contributed by atoms with Gasteiger partial charge in [-0.1, -0.05) is 13.8 Å². The van der Waals surface area contributed by atoms with Gasteiger partial charge in [0.2, 0.25) is 0 Å². The molecule has 1 aromatic rings. The van der Waals surface area contributed by atoms with Gasteiger partial charge >= 0.3 is 5.97 Å². The number of hydrogen-bond donors (Lipinski definition) is 0. The van der Waals surface area contributed by atoms with Crippen molar-refractivity contribution in [2.45, 2.75) is 40.9 Å². The summed E-state index contributed by atoms with van der Waals surface area (Å²) in [6.07, 6.45) is -1.09. The summed E-state index contributed by atoms with van der Waals surface area (Å²) < 4.78 is 63.7. The first kappa shape index (κ1) is 20.4. The Morgan fingerprint density at radius 1 is 1.08 bits per heavy atom.